The molecule has 1 aliphatic heterocycles. The van der Waals surface area contributed by atoms with Crippen LogP contribution in [0.25, 0.3) is 0 Å². The molecule has 0 spiro atoms. The number of amides is 1. The maximum Gasteiger partial charge on any atom is 0.227 e. The number of likely N-dealkylation sites (tertiary alicyclic amines) is 1. The Labute approximate surface area is 137 Å². The lowest BCUT2D eigenvalue weighted by Crippen LogP contribution is -2.39. The fraction of sp³-hybridized carbons (Fsp3) is 0.588. The Hall–Kier alpha value is -2.11. The number of rotatable bonds is 4. The van der Waals surface area contributed by atoms with E-state index >= 15 is 0 Å². The molecule has 1 aliphatic rings. The second kappa shape index (κ2) is 6.18. The van der Waals surface area contributed by atoms with Gasteiger partial charge in [-0.15, -0.1) is 0 Å². The molecule has 3 rings (SSSR count). The fourth-order valence-electron chi connectivity index (χ4n) is 3.46. The predicted molar refractivity (Wildman–Crippen MR) is 88.1 cm³/mol. The Bertz CT molecular complexity index is 715. The summed E-state index contributed by atoms with van der Waals surface area (Å²) in [6, 6.07) is 0.249. The van der Waals surface area contributed by atoms with Crippen molar-refractivity contribution in [3.05, 3.63) is 34.9 Å². The van der Waals surface area contributed by atoms with Gasteiger partial charge in [-0.25, -0.2) is 0 Å². The minimum absolute atomic E-state index is 0.204. The molecule has 1 amide bonds. The van der Waals surface area contributed by atoms with Gasteiger partial charge in [-0.2, -0.15) is 10.2 Å². The molecule has 0 unspecified atom stereocenters. The molecule has 6 nitrogen and oxygen atoms in total. The standard InChI is InChI=1S/C17H25N5O/c1-12-9-18-21(10-12)11-15-6-5-7-22(15)17(23)8-16-13(2)19-20(4)14(16)3/h9-10,15H,5-8,11H2,1-4H3/t15-/m0/s1. The number of aromatic nitrogens is 4. The average Bonchev–Trinajstić information content (AvgIpc) is 3.17. The third-order valence-corrected chi connectivity index (χ3v) is 4.84. The number of aryl methyl sites for hydroxylation is 3. The van der Waals surface area contributed by atoms with Crippen molar-refractivity contribution in [3.8, 4) is 0 Å². The van der Waals surface area contributed by atoms with Crippen LogP contribution in [-0.2, 0) is 24.8 Å². The molecule has 3 heterocycles. The molecule has 1 atom stereocenters. The maximum atomic E-state index is 12.8. The molecule has 23 heavy (non-hydrogen) atoms. The second-order valence-corrected chi connectivity index (χ2v) is 6.57. The van der Waals surface area contributed by atoms with E-state index in [1.54, 1.807) is 0 Å². The van der Waals surface area contributed by atoms with Crippen LogP contribution in [-0.4, -0.2) is 43.0 Å². The van der Waals surface area contributed by atoms with Gasteiger partial charge in [-0.3, -0.25) is 14.2 Å². The Kier molecular flexibility index (Phi) is 4.24. The maximum absolute atomic E-state index is 12.8. The van der Waals surface area contributed by atoms with E-state index in [-0.39, 0.29) is 11.9 Å². The van der Waals surface area contributed by atoms with E-state index in [2.05, 4.69) is 10.2 Å². The topological polar surface area (TPSA) is 56.0 Å². The van der Waals surface area contributed by atoms with Crippen molar-refractivity contribution in [2.75, 3.05) is 6.54 Å². The van der Waals surface area contributed by atoms with Crippen molar-refractivity contribution in [1.29, 1.82) is 0 Å². The van der Waals surface area contributed by atoms with Crippen molar-refractivity contribution < 1.29 is 4.79 Å². The summed E-state index contributed by atoms with van der Waals surface area (Å²) >= 11 is 0. The minimum atomic E-state index is 0.204. The van der Waals surface area contributed by atoms with Crippen LogP contribution >= 0.6 is 0 Å². The van der Waals surface area contributed by atoms with Gasteiger partial charge in [0.05, 0.1) is 30.9 Å². The lowest BCUT2D eigenvalue weighted by Gasteiger charge is -2.25. The van der Waals surface area contributed by atoms with E-state index in [0.29, 0.717) is 6.42 Å². The Balaban J connectivity index is 1.70. The number of hydrogen-bond donors (Lipinski definition) is 0. The quantitative estimate of drug-likeness (QED) is 0.864. The Morgan fingerprint density at radius 1 is 1.35 bits per heavy atom. The zero-order valence-corrected chi connectivity index (χ0v) is 14.4. The third-order valence-electron chi connectivity index (χ3n) is 4.84. The van der Waals surface area contributed by atoms with Crippen LogP contribution in [0.4, 0.5) is 0 Å². The molecule has 0 bridgehead atoms. The first-order valence-corrected chi connectivity index (χ1v) is 8.23. The normalized spacial score (nSPS) is 17.9. The zero-order valence-electron chi connectivity index (χ0n) is 14.4. The first-order valence-electron chi connectivity index (χ1n) is 8.23. The molecule has 1 saturated heterocycles. The summed E-state index contributed by atoms with van der Waals surface area (Å²) in [4.78, 5) is 14.8. The predicted octanol–water partition coefficient (Wildman–Crippen LogP) is 1.78. The van der Waals surface area contributed by atoms with Crippen molar-refractivity contribution in [2.45, 2.75) is 52.6 Å². The summed E-state index contributed by atoms with van der Waals surface area (Å²) in [6.07, 6.45) is 6.47. The highest BCUT2D eigenvalue weighted by molar-refractivity contribution is 5.79. The van der Waals surface area contributed by atoms with Gasteiger partial charge in [0.2, 0.25) is 5.91 Å². The monoisotopic (exact) mass is 315 g/mol. The first-order chi connectivity index (χ1) is 11.0. The van der Waals surface area contributed by atoms with Gasteiger partial charge in [0.25, 0.3) is 0 Å². The van der Waals surface area contributed by atoms with Crippen LogP contribution in [0.3, 0.4) is 0 Å². The lowest BCUT2D eigenvalue weighted by atomic mass is 10.1. The van der Waals surface area contributed by atoms with Crippen LogP contribution < -0.4 is 0 Å². The van der Waals surface area contributed by atoms with Crippen molar-refractivity contribution in [2.24, 2.45) is 7.05 Å². The molecule has 124 valence electrons. The zero-order chi connectivity index (χ0) is 16.6. The van der Waals surface area contributed by atoms with E-state index < -0.39 is 0 Å². The molecule has 2 aromatic rings. The second-order valence-electron chi connectivity index (χ2n) is 6.57. The first kappa shape index (κ1) is 15.8. The van der Waals surface area contributed by atoms with Crippen LogP contribution in [0.15, 0.2) is 12.4 Å². The number of hydrogen-bond acceptors (Lipinski definition) is 3. The van der Waals surface area contributed by atoms with E-state index in [1.165, 1.54) is 0 Å². The van der Waals surface area contributed by atoms with Crippen LogP contribution in [0, 0.1) is 20.8 Å². The number of carbonyl (C=O) groups is 1. The van der Waals surface area contributed by atoms with Crippen molar-refractivity contribution in [1.82, 2.24) is 24.5 Å². The van der Waals surface area contributed by atoms with E-state index in [4.69, 9.17) is 0 Å². The summed E-state index contributed by atoms with van der Waals surface area (Å²) in [7, 11) is 1.93. The van der Waals surface area contributed by atoms with Gasteiger partial charge in [0.15, 0.2) is 0 Å². The molecule has 2 aromatic heterocycles. The van der Waals surface area contributed by atoms with Gasteiger partial charge in [-0.1, -0.05) is 0 Å². The Morgan fingerprint density at radius 2 is 2.13 bits per heavy atom. The summed E-state index contributed by atoms with van der Waals surface area (Å²) < 4.78 is 3.80. The minimum Gasteiger partial charge on any atom is -0.338 e. The molecule has 0 saturated carbocycles. The molecule has 0 aromatic carbocycles. The van der Waals surface area contributed by atoms with Crippen molar-refractivity contribution >= 4 is 5.91 Å². The van der Waals surface area contributed by atoms with E-state index in [9.17, 15) is 4.79 Å². The summed E-state index contributed by atoms with van der Waals surface area (Å²) in [5.41, 5.74) is 4.26. The number of carbonyl (C=O) groups excluding carboxylic acids is 1. The fourth-order valence-corrected chi connectivity index (χ4v) is 3.46. The lowest BCUT2D eigenvalue weighted by molar-refractivity contribution is -0.131. The van der Waals surface area contributed by atoms with Crippen LogP contribution in [0.5, 0.6) is 0 Å². The molecule has 0 aliphatic carbocycles. The summed E-state index contributed by atoms with van der Waals surface area (Å²) in [5.74, 6) is 0.204. The van der Waals surface area contributed by atoms with Crippen molar-refractivity contribution in [3.63, 3.8) is 0 Å². The van der Waals surface area contributed by atoms with Gasteiger partial charge >= 0.3 is 0 Å². The third kappa shape index (κ3) is 3.16. The van der Waals surface area contributed by atoms with Crippen LogP contribution in [0.1, 0.15) is 35.4 Å². The highest BCUT2D eigenvalue weighted by atomic mass is 16.2. The van der Waals surface area contributed by atoms with E-state index in [1.807, 2.05) is 54.5 Å². The SMILES string of the molecule is Cc1cnn(C[C@@H]2CCCN2C(=O)Cc2c(C)nn(C)c2C)c1. The molecule has 1 fully saturated rings. The summed E-state index contributed by atoms with van der Waals surface area (Å²) in [5, 5.41) is 8.77. The molecule has 0 radical (unpaired) electrons. The Morgan fingerprint density at radius 3 is 2.74 bits per heavy atom. The number of nitrogens with zero attached hydrogens (tertiary/aromatic N) is 5. The van der Waals surface area contributed by atoms with Gasteiger partial charge in [-0.05, 0) is 39.2 Å². The molecule has 0 N–H and O–H groups in total. The molecular weight excluding hydrogens is 290 g/mol. The molecule has 6 heteroatoms. The smallest absolute Gasteiger partial charge is 0.227 e. The van der Waals surface area contributed by atoms with Gasteiger partial charge in [0.1, 0.15) is 0 Å². The van der Waals surface area contributed by atoms with E-state index in [0.717, 1.165) is 48.4 Å². The highest BCUT2D eigenvalue weighted by Gasteiger charge is 2.30. The average molecular weight is 315 g/mol. The summed E-state index contributed by atoms with van der Waals surface area (Å²) in [6.45, 7) is 7.67. The van der Waals surface area contributed by atoms with Crippen LogP contribution in [0.2, 0.25) is 0 Å². The molecular formula is C17H25N5O. The largest absolute Gasteiger partial charge is 0.338 e. The highest BCUT2D eigenvalue weighted by Crippen LogP contribution is 2.22. The van der Waals surface area contributed by atoms with Gasteiger partial charge < -0.3 is 4.90 Å². The van der Waals surface area contributed by atoms with Gasteiger partial charge in [0, 0.05) is 31.0 Å².